The van der Waals surface area contributed by atoms with Gasteiger partial charge in [-0.05, 0) is 6.92 Å². The highest BCUT2D eigenvalue weighted by atomic mass is 32.1. The van der Waals surface area contributed by atoms with Crippen molar-refractivity contribution >= 4 is 12.6 Å². The van der Waals surface area contributed by atoms with Crippen LogP contribution in [0.25, 0.3) is 0 Å². The molecule has 1 N–H and O–H groups in total. The van der Waals surface area contributed by atoms with E-state index in [1.165, 1.54) is 5.40 Å². The van der Waals surface area contributed by atoms with Crippen molar-refractivity contribution in [1.82, 2.24) is 9.55 Å². The van der Waals surface area contributed by atoms with Crippen molar-refractivity contribution < 1.29 is 5.11 Å². The average Bonchev–Trinajstić information content (AvgIpc) is 2.36. The van der Waals surface area contributed by atoms with Gasteiger partial charge in [0.25, 0.3) is 0 Å². The van der Waals surface area contributed by atoms with Crippen LogP contribution in [-0.4, -0.2) is 14.7 Å². The SMILES string of the molecule is CC(O)c1nccn1C.N#CS. The quantitative estimate of drug-likeness (QED) is 0.504. The number of nitriles is 1. The molecule has 1 atom stereocenters. The topological polar surface area (TPSA) is 61.8 Å². The molecule has 0 aliphatic heterocycles. The van der Waals surface area contributed by atoms with E-state index in [9.17, 15) is 0 Å². The number of rotatable bonds is 1. The molecule has 0 spiro atoms. The van der Waals surface area contributed by atoms with Gasteiger partial charge < -0.3 is 9.67 Å². The fourth-order valence-corrected chi connectivity index (χ4v) is 0.780. The van der Waals surface area contributed by atoms with Gasteiger partial charge in [-0.3, -0.25) is 0 Å². The van der Waals surface area contributed by atoms with Gasteiger partial charge in [0.15, 0.2) is 0 Å². The normalized spacial score (nSPS) is 10.9. The first-order valence-electron chi connectivity index (χ1n) is 3.32. The number of thiocyanates is 1. The van der Waals surface area contributed by atoms with Crippen molar-refractivity contribution in [2.24, 2.45) is 7.05 Å². The molecule has 1 rings (SSSR count). The molecule has 0 aliphatic rings. The van der Waals surface area contributed by atoms with Gasteiger partial charge in [0.2, 0.25) is 0 Å². The Balaban J connectivity index is 0.000000354. The van der Waals surface area contributed by atoms with E-state index in [0.29, 0.717) is 5.82 Å². The molecule has 0 amide bonds. The summed E-state index contributed by atoms with van der Waals surface area (Å²) in [6, 6.07) is 0. The Kier molecular flexibility index (Phi) is 5.17. The molecule has 12 heavy (non-hydrogen) atoms. The Morgan fingerprint density at radius 1 is 1.83 bits per heavy atom. The maximum Gasteiger partial charge on any atom is 0.137 e. The molecule has 1 aromatic heterocycles. The number of aryl methyl sites for hydroxylation is 1. The smallest absolute Gasteiger partial charge is 0.137 e. The molecule has 1 heterocycles. The molecule has 0 bridgehead atoms. The van der Waals surface area contributed by atoms with E-state index >= 15 is 0 Å². The Hall–Kier alpha value is -0.990. The maximum atomic E-state index is 9.01. The maximum absolute atomic E-state index is 9.01. The van der Waals surface area contributed by atoms with Gasteiger partial charge in [-0.15, -0.1) is 0 Å². The molecule has 0 saturated carbocycles. The number of aliphatic hydroxyl groups excluding tert-OH is 1. The molecule has 1 aromatic rings. The summed E-state index contributed by atoms with van der Waals surface area (Å²) in [4.78, 5) is 3.93. The zero-order valence-corrected chi connectivity index (χ0v) is 7.86. The Morgan fingerprint density at radius 3 is 2.50 bits per heavy atom. The molecule has 5 heteroatoms. The van der Waals surface area contributed by atoms with Crippen LogP contribution in [0, 0.1) is 10.7 Å². The lowest BCUT2D eigenvalue weighted by Gasteiger charge is -2.01. The van der Waals surface area contributed by atoms with Gasteiger partial charge in [-0.2, -0.15) is 5.26 Å². The summed E-state index contributed by atoms with van der Waals surface area (Å²) in [7, 11) is 1.86. The van der Waals surface area contributed by atoms with E-state index in [1.54, 1.807) is 17.7 Å². The third kappa shape index (κ3) is 3.42. The van der Waals surface area contributed by atoms with Crippen LogP contribution in [0.15, 0.2) is 12.4 Å². The van der Waals surface area contributed by atoms with Crippen molar-refractivity contribution in [3.05, 3.63) is 18.2 Å². The van der Waals surface area contributed by atoms with Crippen LogP contribution in [0.4, 0.5) is 0 Å². The van der Waals surface area contributed by atoms with Gasteiger partial charge in [0, 0.05) is 19.4 Å². The average molecular weight is 185 g/mol. The monoisotopic (exact) mass is 185 g/mol. The molecular weight excluding hydrogens is 174 g/mol. The third-order valence-corrected chi connectivity index (χ3v) is 1.23. The molecule has 0 aliphatic carbocycles. The lowest BCUT2D eigenvalue weighted by molar-refractivity contribution is 0.185. The van der Waals surface area contributed by atoms with E-state index < -0.39 is 6.10 Å². The zero-order chi connectivity index (χ0) is 9.56. The molecule has 0 aromatic carbocycles. The summed E-state index contributed by atoms with van der Waals surface area (Å²) >= 11 is 3.09. The molecule has 0 saturated heterocycles. The van der Waals surface area contributed by atoms with Crippen molar-refractivity contribution in [1.29, 1.82) is 5.26 Å². The fourth-order valence-electron chi connectivity index (χ4n) is 0.780. The summed E-state index contributed by atoms with van der Waals surface area (Å²) in [5.74, 6) is 0.704. The Labute approximate surface area is 76.9 Å². The zero-order valence-electron chi connectivity index (χ0n) is 6.97. The summed E-state index contributed by atoms with van der Waals surface area (Å²) in [6.45, 7) is 1.70. The highest BCUT2D eigenvalue weighted by molar-refractivity contribution is 7.85. The molecule has 4 nitrogen and oxygen atoms in total. The first kappa shape index (κ1) is 11.0. The van der Waals surface area contributed by atoms with Gasteiger partial charge >= 0.3 is 0 Å². The van der Waals surface area contributed by atoms with E-state index in [0.717, 1.165) is 0 Å². The van der Waals surface area contributed by atoms with E-state index in [4.69, 9.17) is 10.4 Å². The van der Waals surface area contributed by atoms with Gasteiger partial charge in [-0.1, -0.05) is 12.6 Å². The van der Waals surface area contributed by atoms with Crippen molar-refractivity contribution in [3.8, 4) is 5.40 Å². The minimum absolute atomic E-state index is 0.468. The predicted molar refractivity (Wildman–Crippen MR) is 48.4 cm³/mol. The number of aromatic nitrogens is 2. The number of imidazole rings is 1. The minimum atomic E-state index is -0.468. The number of hydrogen-bond acceptors (Lipinski definition) is 4. The number of aliphatic hydroxyl groups is 1. The third-order valence-electron chi connectivity index (χ3n) is 1.23. The predicted octanol–water partition coefficient (Wildman–Crippen LogP) is 0.871. The number of nitrogens with zero attached hydrogens (tertiary/aromatic N) is 3. The van der Waals surface area contributed by atoms with Gasteiger partial charge in [0.05, 0.1) is 0 Å². The van der Waals surface area contributed by atoms with E-state index in [1.807, 2.05) is 13.2 Å². The summed E-state index contributed by atoms with van der Waals surface area (Å²) in [5.41, 5.74) is 0. The second-order valence-corrected chi connectivity index (χ2v) is 2.37. The molecular formula is C7H11N3OS. The largest absolute Gasteiger partial charge is 0.385 e. The van der Waals surface area contributed by atoms with Crippen LogP contribution < -0.4 is 0 Å². The highest BCUT2D eigenvalue weighted by Gasteiger charge is 2.03. The molecule has 66 valence electrons. The van der Waals surface area contributed by atoms with E-state index in [-0.39, 0.29) is 0 Å². The molecule has 0 fully saturated rings. The first-order valence-corrected chi connectivity index (χ1v) is 3.76. The van der Waals surface area contributed by atoms with Gasteiger partial charge in [0.1, 0.15) is 17.3 Å². The van der Waals surface area contributed by atoms with Crippen molar-refractivity contribution in [2.45, 2.75) is 13.0 Å². The van der Waals surface area contributed by atoms with Crippen LogP contribution in [0.2, 0.25) is 0 Å². The van der Waals surface area contributed by atoms with Crippen molar-refractivity contribution in [2.75, 3.05) is 0 Å². The lowest BCUT2D eigenvalue weighted by atomic mass is 10.4. The minimum Gasteiger partial charge on any atom is -0.385 e. The van der Waals surface area contributed by atoms with Crippen LogP contribution in [-0.2, 0) is 7.05 Å². The lowest BCUT2D eigenvalue weighted by Crippen LogP contribution is -2.00. The van der Waals surface area contributed by atoms with Gasteiger partial charge in [-0.25, -0.2) is 4.98 Å². The van der Waals surface area contributed by atoms with Crippen LogP contribution >= 0.6 is 12.6 Å². The van der Waals surface area contributed by atoms with Crippen LogP contribution in [0.3, 0.4) is 0 Å². The number of thiol groups is 1. The van der Waals surface area contributed by atoms with E-state index in [2.05, 4.69) is 17.6 Å². The fraction of sp³-hybridized carbons (Fsp3) is 0.429. The number of hydrogen-bond donors (Lipinski definition) is 2. The Bertz CT molecular complexity index is 264. The summed E-state index contributed by atoms with van der Waals surface area (Å²) < 4.78 is 1.80. The summed E-state index contributed by atoms with van der Waals surface area (Å²) in [6.07, 6.45) is 3.01. The molecule has 1 unspecified atom stereocenters. The van der Waals surface area contributed by atoms with Crippen LogP contribution in [0.5, 0.6) is 0 Å². The molecule has 0 radical (unpaired) electrons. The second kappa shape index (κ2) is 5.63. The Morgan fingerprint density at radius 2 is 2.33 bits per heavy atom. The highest BCUT2D eigenvalue weighted by Crippen LogP contribution is 2.05. The first-order chi connectivity index (χ1) is 5.63. The van der Waals surface area contributed by atoms with Crippen LogP contribution in [0.1, 0.15) is 18.9 Å². The second-order valence-electron chi connectivity index (χ2n) is 2.17. The summed E-state index contributed by atoms with van der Waals surface area (Å²) in [5, 5.41) is 17.6. The van der Waals surface area contributed by atoms with Crippen molar-refractivity contribution in [3.63, 3.8) is 0 Å². The standard InChI is InChI=1S/C6H10N2O.CHNS/c1-5(9)6-7-3-4-8(6)2;2-1-3/h3-5,9H,1-2H3;3H.